The predicted octanol–water partition coefficient (Wildman–Crippen LogP) is 3.76. The minimum absolute atomic E-state index is 0.349. The van der Waals surface area contributed by atoms with Gasteiger partial charge in [0.15, 0.2) is 0 Å². The number of aryl methyl sites for hydroxylation is 1. The number of aliphatic hydroxyl groups excluding tert-OH is 1. The van der Waals surface area contributed by atoms with Crippen molar-refractivity contribution >= 4 is 10.9 Å². The Morgan fingerprint density at radius 3 is 2.75 bits per heavy atom. The van der Waals surface area contributed by atoms with Crippen LogP contribution in [0, 0.1) is 12.7 Å². The van der Waals surface area contributed by atoms with Crippen molar-refractivity contribution in [1.82, 2.24) is 4.98 Å². The molecule has 2 aromatic carbocycles. The summed E-state index contributed by atoms with van der Waals surface area (Å²) in [7, 11) is 0. The van der Waals surface area contributed by atoms with Crippen molar-refractivity contribution in [2.45, 2.75) is 13.0 Å². The normalized spacial score (nSPS) is 12.6. The molecule has 0 aliphatic carbocycles. The van der Waals surface area contributed by atoms with Gasteiger partial charge in [-0.3, -0.25) is 4.98 Å². The molecule has 0 saturated heterocycles. The third-order valence-corrected chi connectivity index (χ3v) is 3.46. The number of nitrogens with zero attached hydrogens (tertiary/aromatic N) is 1. The fraction of sp³-hybridized carbons (Fsp3) is 0.118. The van der Waals surface area contributed by atoms with Crippen LogP contribution in [-0.4, -0.2) is 10.1 Å². The van der Waals surface area contributed by atoms with E-state index in [2.05, 4.69) is 4.98 Å². The molecule has 0 radical (unpaired) electrons. The largest absolute Gasteiger partial charge is 0.384 e. The van der Waals surface area contributed by atoms with Gasteiger partial charge < -0.3 is 5.11 Å². The molecular formula is C17H14FNO. The van der Waals surface area contributed by atoms with Crippen LogP contribution in [0.25, 0.3) is 10.9 Å². The molecule has 0 fully saturated rings. The van der Waals surface area contributed by atoms with E-state index in [0.717, 1.165) is 16.5 Å². The quantitative estimate of drug-likeness (QED) is 0.766. The molecule has 1 N–H and O–H groups in total. The summed E-state index contributed by atoms with van der Waals surface area (Å²) in [4.78, 5) is 4.33. The number of fused-ring (bicyclic) bond motifs is 1. The van der Waals surface area contributed by atoms with E-state index >= 15 is 0 Å². The molecule has 1 heterocycles. The lowest BCUT2D eigenvalue weighted by Crippen LogP contribution is -2.03. The number of aliphatic hydroxyl groups is 1. The number of para-hydroxylation sites is 1. The van der Waals surface area contributed by atoms with Crippen LogP contribution in [0.4, 0.5) is 4.39 Å². The Bertz CT molecular complexity index is 770. The van der Waals surface area contributed by atoms with Gasteiger partial charge in [-0.05, 0) is 42.3 Å². The van der Waals surface area contributed by atoms with Gasteiger partial charge >= 0.3 is 0 Å². The summed E-state index contributed by atoms with van der Waals surface area (Å²) in [6, 6.07) is 14.0. The Labute approximate surface area is 116 Å². The van der Waals surface area contributed by atoms with Crippen LogP contribution in [0.15, 0.2) is 54.7 Å². The summed E-state index contributed by atoms with van der Waals surface area (Å²) >= 11 is 0. The van der Waals surface area contributed by atoms with Crippen molar-refractivity contribution < 1.29 is 9.50 Å². The van der Waals surface area contributed by atoms with Crippen molar-refractivity contribution in [3.63, 3.8) is 0 Å². The summed E-state index contributed by atoms with van der Waals surface area (Å²) < 4.78 is 13.3. The standard InChI is InChI=1S/C17H14FNO/c1-11-6-7-14(18)9-15(11)17(20)13-8-12-4-2-3-5-16(12)19-10-13/h2-10,17,20H,1H3. The van der Waals surface area contributed by atoms with Crippen molar-refractivity contribution in [2.75, 3.05) is 0 Å². The summed E-state index contributed by atoms with van der Waals surface area (Å²) in [6.07, 6.45) is 0.764. The number of rotatable bonds is 2. The van der Waals surface area contributed by atoms with Crippen molar-refractivity contribution in [3.05, 3.63) is 77.2 Å². The van der Waals surface area contributed by atoms with Gasteiger partial charge in [-0.15, -0.1) is 0 Å². The molecule has 0 aliphatic heterocycles. The van der Waals surface area contributed by atoms with E-state index in [9.17, 15) is 9.50 Å². The van der Waals surface area contributed by atoms with E-state index in [4.69, 9.17) is 0 Å². The van der Waals surface area contributed by atoms with E-state index in [0.29, 0.717) is 11.1 Å². The van der Waals surface area contributed by atoms with Crippen LogP contribution in [-0.2, 0) is 0 Å². The Hall–Kier alpha value is -2.26. The number of hydrogen-bond donors (Lipinski definition) is 1. The fourth-order valence-electron chi connectivity index (χ4n) is 2.32. The first-order valence-electron chi connectivity index (χ1n) is 6.44. The summed E-state index contributed by atoms with van der Waals surface area (Å²) in [5, 5.41) is 11.4. The third kappa shape index (κ3) is 2.28. The zero-order valence-electron chi connectivity index (χ0n) is 11.0. The molecule has 0 aliphatic rings. The topological polar surface area (TPSA) is 33.1 Å². The Kier molecular flexibility index (Phi) is 3.20. The maximum absolute atomic E-state index is 13.3. The molecule has 20 heavy (non-hydrogen) atoms. The van der Waals surface area contributed by atoms with Crippen LogP contribution in [0.1, 0.15) is 22.8 Å². The Balaban J connectivity index is 2.07. The first kappa shape index (κ1) is 12.8. The molecule has 3 rings (SSSR count). The first-order chi connectivity index (χ1) is 9.65. The van der Waals surface area contributed by atoms with E-state index in [1.165, 1.54) is 12.1 Å². The minimum atomic E-state index is -0.872. The van der Waals surface area contributed by atoms with Gasteiger partial charge in [0.1, 0.15) is 11.9 Å². The second-order valence-corrected chi connectivity index (χ2v) is 4.86. The molecule has 0 saturated carbocycles. The molecule has 3 aromatic rings. The van der Waals surface area contributed by atoms with Gasteiger partial charge in [-0.2, -0.15) is 0 Å². The van der Waals surface area contributed by atoms with Crippen molar-refractivity contribution in [1.29, 1.82) is 0 Å². The second-order valence-electron chi connectivity index (χ2n) is 4.86. The third-order valence-electron chi connectivity index (χ3n) is 3.46. The first-order valence-corrected chi connectivity index (χ1v) is 6.44. The highest BCUT2D eigenvalue weighted by Gasteiger charge is 2.14. The summed E-state index contributed by atoms with van der Waals surface area (Å²) in [6.45, 7) is 1.85. The molecule has 3 heteroatoms. The van der Waals surface area contributed by atoms with Gasteiger partial charge in [-0.1, -0.05) is 24.3 Å². The van der Waals surface area contributed by atoms with Crippen molar-refractivity contribution in [2.24, 2.45) is 0 Å². The summed E-state index contributed by atoms with van der Waals surface area (Å²) in [5.41, 5.74) is 2.96. The van der Waals surface area contributed by atoms with E-state index < -0.39 is 6.10 Å². The van der Waals surface area contributed by atoms with Crippen LogP contribution in [0.2, 0.25) is 0 Å². The monoisotopic (exact) mass is 267 g/mol. The zero-order valence-corrected chi connectivity index (χ0v) is 11.0. The molecule has 0 spiro atoms. The minimum Gasteiger partial charge on any atom is -0.384 e. The van der Waals surface area contributed by atoms with E-state index in [1.807, 2.05) is 37.3 Å². The van der Waals surface area contributed by atoms with Crippen molar-refractivity contribution in [3.8, 4) is 0 Å². The van der Waals surface area contributed by atoms with Gasteiger partial charge in [0.2, 0.25) is 0 Å². The number of benzene rings is 2. The van der Waals surface area contributed by atoms with Crippen LogP contribution < -0.4 is 0 Å². The molecule has 1 unspecified atom stereocenters. The average molecular weight is 267 g/mol. The number of halogens is 1. The summed E-state index contributed by atoms with van der Waals surface area (Å²) in [5.74, 6) is -0.349. The van der Waals surface area contributed by atoms with Gasteiger partial charge in [0.05, 0.1) is 5.52 Å². The highest BCUT2D eigenvalue weighted by molar-refractivity contribution is 5.78. The van der Waals surface area contributed by atoms with Crippen LogP contribution in [0.3, 0.4) is 0 Å². The highest BCUT2D eigenvalue weighted by Crippen LogP contribution is 2.26. The lowest BCUT2D eigenvalue weighted by atomic mass is 9.97. The molecule has 1 atom stereocenters. The zero-order chi connectivity index (χ0) is 14.1. The molecule has 2 nitrogen and oxygen atoms in total. The lowest BCUT2D eigenvalue weighted by Gasteiger charge is -2.14. The van der Waals surface area contributed by atoms with Gasteiger partial charge in [0, 0.05) is 17.1 Å². The maximum atomic E-state index is 13.3. The van der Waals surface area contributed by atoms with E-state index in [-0.39, 0.29) is 5.82 Å². The number of hydrogen-bond acceptors (Lipinski definition) is 2. The second kappa shape index (κ2) is 5.02. The lowest BCUT2D eigenvalue weighted by molar-refractivity contribution is 0.219. The fourth-order valence-corrected chi connectivity index (χ4v) is 2.32. The SMILES string of the molecule is Cc1ccc(F)cc1C(O)c1cnc2ccccc2c1. The van der Waals surface area contributed by atoms with E-state index in [1.54, 1.807) is 12.3 Å². The van der Waals surface area contributed by atoms with Crippen LogP contribution in [0.5, 0.6) is 0 Å². The number of pyridine rings is 1. The molecule has 0 bridgehead atoms. The predicted molar refractivity (Wildman–Crippen MR) is 76.9 cm³/mol. The number of aromatic nitrogens is 1. The van der Waals surface area contributed by atoms with Gasteiger partial charge in [0.25, 0.3) is 0 Å². The Morgan fingerprint density at radius 2 is 1.90 bits per heavy atom. The molecule has 100 valence electrons. The maximum Gasteiger partial charge on any atom is 0.123 e. The Morgan fingerprint density at radius 1 is 1.10 bits per heavy atom. The smallest absolute Gasteiger partial charge is 0.123 e. The van der Waals surface area contributed by atoms with Gasteiger partial charge in [-0.25, -0.2) is 4.39 Å². The highest BCUT2D eigenvalue weighted by atomic mass is 19.1. The average Bonchev–Trinajstić information content (AvgIpc) is 2.48. The molecule has 1 aromatic heterocycles. The molecular weight excluding hydrogens is 253 g/mol. The van der Waals surface area contributed by atoms with Crippen LogP contribution >= 0.6 is 0 Å². The molecule has 0 amide bonds.